The SMILES string of the molecule is Cc1cnn(CC(=O)Nc2ccc3c(c2)CCN3C(=O)c2ccoc2)c1. The maximum Gasteiger partial charge on any atom is 0.261 e. The van der Waals surface area contributed by atoms with E-state index < -0.39 is 0 Å². The normalized spacial score (nSPS) is 12.9. The molecule has 3 aromatic rings. The van der Waals surface area contributed by atoms with Crippen LogP contribution in [0.3, 0.4) is 0 Å². The van der Waals surface area contributed by atoms with Gasteiger partial charge in [0.25, 0.3) is 5.91 Å². The summed E-state index contributed by atoms with van der Waals surface area (Å²) in [4.78, 5) is 26.4. The number of carbonyl (C=O) groups excluding carboxylic acids is 2. The number of hydrogen-bond acceptors (Lipinski definition) is 4. The number of furan rings is 1. The number of nitrogens with one attached hydrogen (secondary N) is 1. The molecule has 0 bridgehead atoms. The smallest absolute Gasteiger partial charge is 0.261 e. The summed E-state index contributed by atoms with van der Waals surface area (Å²) in [6, 6.07) is 7.26. The Morgan fingerprint density at radius 2 is 2.19 bits per heavy atom. The van der Waals surface area contributed by atoms with E-state index in [0.717, 1.165) is 28.9 Å². The highest BCUT2D eigenvalue weighted by molar-refractivity contribution is 6.07. The molecule has 0 saturated carbocycles. The average molecular weight is 350 g/mol. The third kappa shape index (κ3) is 3.11. The lowest BCUT2D eigenvalue weighted by molar-refractivity contribution is -0.116. The topological polar surface area (TPSA) is 80.4 Å². The van der Waals surface area contributed by atoms with Gasteiger partial charge in [0, 0.05) is 24.1 Å². The van der Waals surface area contributed by atoms with Crippen molar-refractivity contribution in [1.82, 2.24) is 9.78 Å². The molecule has 0 aliphatic carbocycles. The van der Waals surface area contributed by atoms with Gasteiger partial charge in [0.15, 0.2) is 0 Å². The predicted octanol–water partition coefficient (Wildman–Crippen LogP) is 2.63. The van der Waals surface area contributed by atoms with Crippen LogP contribution in [0.2, 0.25) is 0 Å². The molecule has 26 heavy (non-hydrogen) atoms. The van der Waals surface area contributed by atoms with Crippen molar-refractivity contribution in [2.24, 2.45) is 0 Å². The van der Waals surface area contributed by atoms with Crippen LogP contribution < -0.4 is 10.2 Å². The monoisotopic (exact) mass is 350 g/mol. The van der Waals surface area contributed by atoms with Crippen molar-refractivity contribution in [3.8, 4) is 0 Å². The molecule has 2 aromatic heterocycles. The molecule has 0 unspecified atom stereocenters. The van der Waals surface area contributed by atoms with Crippen molar-refractivity contribution in [2.75, 3.05) is 16.8 Å². The minimum atomic E-state index is -0.141. The van der Waals surface area contributed by atoms with E-state index in [4.69, 9.17) is 4.42 Å². The number of nitrogens with zero attached hydrogens (tertiary/aromatic N) is 3. The van der Waals surface area contributed by atoms with Gasteiger partial charge in [-0.25, -0.2) is 0 Å². The number of rotatable bonds is 4. The standard InChI is InChI=1S/C19H18N4O3/c1-13-9-20-22(10-13)11-18(24)21-16-2-3-17-14(8-16)4-6-23(17)19(25)15-5-7-26-12-15/h2-3,5,7-10,12H,4,6,11H2,1H3,(H,21,24). The quantitative estimate of drug-likeness (QED) is 0.784. The molecule has 0 radical (unpaired) electrons. The second-order valence-electron chi connectivity index (χ2n) is 6.33. The fourth-order valence-corrected chi connectivity index (χ4v) is 3.13. The highest BCUT2D eigenvalue weighted by Crippen LogP contribution is 2.31. The van der Waals surface area contributed by atoms with Gasteiger partial charge in [0.05, 0.1) is 18.0 Å². The van der Waals surface area contributed by atoms with Crippen LogP contribution in [-0.2, 0) is 17.8 Å². The Labute approximate surface area is 150 Å². The molecule has 0 atom stereocenters. The van der Waals surface area contributed by atoms with E-state index in [0.29, 0.717) is 12.1 Å². The molecular weight excluding hydrogens is 332 g/mol. The summed E-state index contributed by atoms with van der Waals surface area (Å²) in [6.45, 7) is 2.71. The molecule has 1 N–H and O–H groups in total. The van der Waals surface area contributed by atoms with Crippen LogP contribution in [0.1, 0.15) is 21.5 Å². The zero-order valence-electron chi connectivity index (χ0n) is 14.3. The van der Waals surface area contributed by atoms with Crippen LogP contribution >= 0.6 is 0 Å². The number of carbonyl (C=O) groups is 2. The van der Waals surface area contributed by atoms with Gasteiger partial charge in [-0.2, -0.15) is 5.10 Å². The Kier molecular flexibility index (Phi) is 4.04. The fourth-order valence-electron chi connectivity index (χ4n) is 3.13. The molecule has 0 fully saturated rings. The third-order valence-corrected chi connectivity index (χ3v) is 4.34. The van der Waals surface area contributed by atoms with E-state index in [9.17, 15) is 9.59 Å². The second-order valence-corrected chi connectivity index (χ2v) is 6.33. The second kappa shape index (κ2) is 6.51. The van der Waals surface area contributed by atoms with Gasteiger partial charge >= 0.3 is 0 Å². The van der Waals surface area contributed by atoms with Gasteiger partial charge in [-0.05, 0) is 48.7 Å². The van der Waals surface area contributed by atoms with E-state index in [-0.39, 0.29) is 18.4 Å². The molecule has 1 aliphatic rings. The molecule has 2 amide bonds. The van der Waals surface area contributed by atoms with E-state index in [1.165, 1.54) is 12.5 Å². The third-order valence-electron chi connectivity index (χ3n) is 4.34. The number of fused-ring (bicyclic) bond motifs is 1. The summed E-state index contributed by atoms with van der Waals surface area (Å²) >= 11 is 0. The van der Waals surface area contributed by atoms with Crippen LogP contribution in [0.5, 0.6) is 0 Å². The molecular formula is C19H18N4O3. The van der Waals surface area contributed by atoms with Crippen molar-refractivity contribution in [3.63, 3.8) is 0 Å². The van der Waals surface area contributed by atoms with E-state index >= 15 is 0 Å². The Morgan fingerprint density at radius 3 is 2.92 bits per heavy atom. The van der Waals surface area contributed by atoms with Gasteiger partial charge in [0.1, 0.15) is 12.8 Å². The Balaban J connectivity index is 1.46. The molecule has 4 rings (SSSR count). The van der Waals surface area contributed by atoms with Gasteiger partial charge in [0.2, 0.25) is 5.91 Å². The van der Waals surface area contributed by atoms with Gasteiger partial charge in [-0.1, -0.05) is 0 Å². The predicted molar refractivity (Wildman–Crippen MR) is 96.1 cm³/mol. The molecule has 3 heterocycles. The number of amides is 2. The van der Waals surface area contributed by atoms with E-state index in [1.54, 1.807) is 21.8 Å². The number of hydrogen-bond donors (Lipinski definition) is 1. The fraction of sp³-hybridized carbons (Fsp3) is 0.211. The first kappa shape index (κ1) is 16.1. The summed E-state index contributed by atoms with van der Waals surface area (Å²) < 4.78 is 6.59. The molecule has 132 valence electrons. The lowest BCUT2D eigenvalue weighted by Gasteiger charge is -2.16. The minimum absolute atomic E-state index is 0.0802. The summed E-state index contributed by atoms with van der Waals surface area (Å²) in [5, 5.41) is 7.00. The number of aryl methyl sites for hydroxylation is 1. The zero-order valence-corrected chi connectivity index (χ0v) is 14.3. The first-order valence-corrected chi connectivity index (χ1v) is 8.36. The summed E-state index contributed by atoms with van der Waals surface area (Å²) in [5.41, 5.74) is 4.17. The van der Waals surface area contributed by atoms with Gasteiger partial charge < -0.3 is 14.6 Å². The highest BCUT2D eigenvalue weighted by atomic mass is 16.3. The van der Waals surface area contributed by atoms with Crippen LogP contribution in [0.4, 0.5) is 11.4 Å². The average Bonchev–Trinajstić information content (AvgIpc) is 3.34. The number of aromatic nitrogens is 2. The van der Waals surface area contributed by atoms with Crippen molar-refractivity contribution in [1.29, 1.82) is 0 Å². The number of anilines is 2. The first-order chi connectivity index (χ1) is 12.6. The van der Waals surface area contributed by atoms with Crippen molar-refractivity contribution < 1.29 is 14.0 Å². The molecule has 1 aliphatic heterocycles. The van der Waals surface area contributed by atoms with E-state index in [2.05, 4.69) is 10.4 Å². The van der Waals surface area contributed by atoms with Crippen molar-refractivity contribution >= 4 is 23.2 Å². The van der Waals surface area contributed by atoms with Gasteiger partial charge in [-0.3, -0.25) is 14.3 Å². The molecule has 7 nitrogen and oxygen atoms in total. The van der Waals surface area contributed by atoms with Crippen LogP contribution in [-0.4, -0.2) is 28.1 Å². The maximum absolute atomic E-state index is 12.5. The zero-order chi connectivity index (χ0) is 18.1. The van der Waals surface area contributed by atoms with Gasteiger partial charge in [-0.15, -0.1) is 0 Å². The number of benzene rings is 1. The summed E-state index contributed by atoms with van der Waals surface area (Å²) in [6.07, 6.45) is 7.23. The van der Waals surface area contributed by atoms with Crippen molar-refractivity contribution in [3.05, 3.63) is 65.9 Å². The van der Waals surface area contributed by atoms with Crippen LogP contribution in [0, 0.1) is 6.92 Å². The van der Waals surface area contributed by atoms with Crippen LogP contribution in [0.15, 0.2) is 53.6 Å². The molecule has 0 saturated heterocycles. The Bertz CT molecular complexity index is 959. The van der Waals surface area contributed by atoms with Crippen LogP contribution in [0.25, 0.3) is 0 Å². The Hall–Kier alpha value is -3.35. The lowest BCUT2D eigenvalue weighted by atomic mass is 10.1. The minimum Gasteiger partial charge on any atom is -0.472 e. The summed E-state index contributed by atoms with van der Waals surface area (Å²) in [5.74, 6) is -0.222. The maximum atomic E-state index is 12.5. The highest BCUT2D eigenvalue weighted by Gasteiger charge is 2.26. The summed E-state index contributed by atoms with van der Waals surface area (Å²) in [7, 11) is 0. The molecule has 1 aromatic carbocycles. The molecule has 0 spiro atoms. The van der Waals surface area contributed by atoms with E-state index in [1.807, 2.05) is 31.3 Å². The first-order valence-electron chi connectivity index (χ1n) is 8.36. The lowest BCUT2D eigenvalue weighted by Crippen LogP contribution is -2.28. The Morgan fingerprint density at radius 1 is 1.31 bits per heavy atom. The largest absolute Gasteiger partial charge is 0.472 e. The molecule has 7 heteroatoms. The van der Waals surface area contributed by atoms with Crippen molar-refractivity contribution in [2.45, 2.75) is 19.9 Å².